The summed E-state index contributed by atoms with van der Waals surface area (Å²) in [4.78, 5) is 5.13. The second-order valence-electron chi connectivity index (χ2n) is 9.36. The third-order valence-corrected chi connectivity index (χ3v) is 6.86. The highest BCUT2D eigenvalue weighted by Crippen LogP contribution is 2.28. The Hall–Kier alpha value is -2.29. The maximum Gasteiger partial charge on any atom is 0.139 e. The summed E-state index contributed by atoms with van der Waals surface area (Å²) in [5, 5.41) is 0. The minimum Gasteiger partial charge on any atom is -0.303 e. The molecule has 3 heteroatoms. The SMILES string of the molecule is Cc1ccc(C)n1-c1cc(CC2CCCCCCCC2)cc(-n2c(C)ccc2C)n1. The zero-order chi connectivity index (χ0) is 21.1. The van der Waals surface area contributed by atoms with Crippen molar-refractivity contribution in [1.29, 1.82) is 0 Å². The van der Waals surface area contributed by atoms with Gasteiger partial charge in [0.1, 0.15) is 11.6 Å². The van der Waals surface area contributed by atoms with Crippen molar-refractivity contribution in [3.63, 3.8) is 0 Å². The number of nitrogens with zero attached hydrogens (tertiary/aromatic N) is 3. The molecule has 0 saturated heterocycles. The highest BCUT2D eigenvalue weighted by Gasteiger charge is 2.16. The number of hydrogen-bond donors (Lipinski definition) is 0. The molecule has 0 aromatic carbocycles. The lowest BCUT2D eigenvalue weighted by Crippen LogP contribution is -2.11. The summed E-state index contributed by atoms with van der Waals surface area (Å²) in [5.41, 5.74) is 6.40. The lowest BCUT2D eigenvalue weighted by Gasteiger charge is -2.19. The molecule has 4 rings (SSSR count). The van der Waals surface area contributed by atoms with Crippen molar-refractivity contribution in [2.75, 3.05) is 0 Å². The van der Waals surface area contributed by atoms with Crippen molar-refractivity contribution < 1.29 is 0 Å². The number of aromatic nitrogens is 3. The van der Waals surface area contributed by atoms with E-state index in [1.165, 1.54) is 86.1 Å². The van der Waals surface area contributed by atoms with Crippen molar-refractivity contribution in [2.24, 2.45) is 5.92 Å². The average Bonchev–Trinajstić information content (AvgIpc) is 3.27. The minimum absolute atomic E-state index is 0.796. The van der Waals surface area contributed by atoms with E-state index in [1.807, 2.05) is 0 Å². The predicted octanol–water partition coefficient (Wildman–Crippen LogP) is 7.19. The van der Waals surface area contributed by atoms with E-state index in [-0.39, 0.29) is 0 Å². The molecule has 1 aliphatic carbocycles. The van der Waals surface area contributed by atoms with Crippen molar-refractivity contribution in [1.82, 2.24) is 14.1 Å². The van der Waals surface area contributed by atoms with E-state index in [2.05, 4.69) is 73.2 Å². The molecule has 0 N–H and O–H groups in total. The summed E-state index contributed by atoms with van der Waals surface area (Å²) >= 11 is 0. The number of aryl methyl sites for hydroxylation is 4. The van der Waals surface area contributed by atoms with E-state index < -0.39 is 0 Å². The summed E-state index contributed by atoms with van der Waals surface area (Å²) in [7, 11) is 0. The van der Waals surface area contributed by atoms with Crippen LogP contribution in [0.5, 0.6) is 0 Å². The van der Waals surface area contributed by atoms with Crippen molar-refractivity contribution in [3.8, 4) is 11.6 Å². The first-order chi connectivity index (χ1) is 14.5. The molecule has 3 aromatic heterocycles. The Morgan fingerprint density at radius 2 is 1.07 bits per heavy atom. The van der Waals surface area contributed by atoms with E-state index in [1.54, 1.807) is 0 Å². The van der Waals surface area contributed by atoms with E-state index in [0.717, 1.165) is 17.6 Å². The maximum atomic E-state index is 5.13. The van der Waals surface area contributed by atoms with E-state index in [0.29, 0.717) is 0 Å². The molecule has 0 radical (unpaired) electrons. The van der Waals surface area contributed by atoms with Gasteiger partial charge in [0.25, 0.3) is 0 Å². The van der Waals surface area contributed by atoms with Gasteiger partial charge in [-0.3, -0.25) is 0 Å². The van der Waals surface area contributed by atoms with Crippen LogP contribution >= 0.6 is 0 Å². The first-order valence-electron chi connectivity index (χ1n) is 11.8. The normalized spacial score (nSPS) is 16.3. The van der Waals surface area contributed by atoms with Crippen LogP contribution in [0.2, 0.25) is 0 Å². The fourth-order valence-corrected chi connectivity index (χ4v) is 5.22. The number of pyridine rings is 1. The molecule has 30 heavy (non-hydrogen) atoms. The minimum atomic E-state index is 0.796. The molecule has 3 nitrogen and oxygen atoms in total. The highest BCUT2D eigenvalue weighted by atomic mass is 15.1. The van der Waals surface area contributed by atoms with Gasteiger partial charge in [0.2, 0.25) is 0 Å². The summed E-state index contributed by atoms with van der Waals surface area (Å²) in [6.07, 6.45) is 12.4. The van der Waals surface area contributed by atoms with Gasteiger partial charge < -0.3 is 9.13 Å². The summed E-state index contributed by atoms with van der Waals surface area (Å²) in [6, 6.07) is 13.4. The van der Waals surface area contributed by atoms with Gasteiger partial charge >= 0.3 is 0 Å². The Balaban J connectivity index is 1.74. The van der Waals surface area contributed by atoms with Crippen LogP contribution in [0.4, 0.5) is 0 Å². The lowest BCUT2D eigenvalue weighted by atomic mass is 9.90. The molecular weight excluding hydrogens is 366 g/mol. The molecule has 0 spiro atoms. The smallest absolute Gasteiger partial charge is 0.139 e. The van der Waals surface area contributed by atoms with Gasteiger partial charge in [-0.05, 0) is 82.0 Å². The molecule has 160 valence electrons. The van der Waals surface area contributed by atoms with Gasteiger partial charge in [-0.15, -0.1) is 0 Å². The van der Waals surface area contributed by atoms with Crippen LogP contribution in [-0.4, -0.2) is 14.1 Å². The Labute approximate surface area is 182 Å². The van der Waals surface area contributed by atoms with E-state index >= 15 is 0 Å². The monoisotopic (exact) mass is 403 g/mol. The standard InChI is InChI=1S/C27H37N3/c1-20-13-14-21(2)29(20)26-18-25(17-24-11-9-7-5-6-8-10-12-24)19-27(28-26)30-22(3)15-16-23(30)4/h13-16,18-19,24H,5-12,17H2,1-4H3. The maximum absolute atomic E-state index is 5.13. The van der Waals surface area contributed by atoms with E-state index in [4.69, 9.17) is 4.98 Å². The molecule has 3 aromatic rings. The largest absolute Gasteiger partial charge is 0.303 e. The fourth-order valence-electron chi connectivity index (χ4n) is 5.22. The van der Waals surface area contributed by atoms with Crippen LogP contribution in [0.1, 0.15) is 79.7 Å². The molecule has 0 amide bonds. The zero-order valence-corrected chi connectivity index (χ0v) is 19.2. The third kappa shape index (κ3) is 4.55. The Morgan fingerprint density at radius 3 is 1.50 bits per heavy atom. The Kier molecular flexibility index (Phi) is 6.46. The van der Waals surface area contributed by atoms with Gasteiger partial charge in [-0.2, -0.15) is 0 Å². The Morgan fingerprint density at radius 1 is 0.667 bits per heavy atom. The van der Waals surface area contributed by atoms with Crippen LogP contribution in [0, 0.1) is 33.6 Å². The van der Waals surface area contributed by atoms with Gasteiger partial charge in [0.05, 0.1) is 0 Å². The van der Waals surface area contributed by atoms with Crippen LogP contribution in [-0.2, 0) is 6.42 Å². The summed E-state index contributed by atoms with van der Waals surface area (Å²) in [5.74, 6) is 2.90. The molecule has 1 saturated carbocycles. The Bertz CT molecular complexity index is 878. The van der Waals surface area contributed by atoms with Gasteiger partial charge in [-0.1, -0.05) is 51.4 Å². The van der Waals surface area contributed by atoms with Crippen LogP contribution in [0.3, 0.4) is 0 Å². The molecule has 0 bridgehead atoms. The number of hydrogen-bond acceptors (Lipinski definition) is 1. The highest BCUT2D eigenvalue weighted by molar-refractivity contribution is 5.43. The fraction of sp³-hybridized carbons (Fsp3) is 0.519. The molecule has 0 aliphatic heterocycles. The second kappa shape index (κ2) is 9.24. The van der Waals surface area contributed by atoms with Crippen LogP contribution in [0.25, 0.3) is 11.6 Å². The predicted molar refractivity (Wildman–Crippen MR) is 126 cm³/mol. The van der Waals surface area contributed by atoms with E-state index in [9.17, 15) is 0 Å². The van der Waals surface area contributed by atoms with Crippen molar-refractivity contribution in [2.45, 2.75) is 85.5 Å². The number of rotatable bonds is 4. The first kappa shape index (κ1) is 21.0. The van der Waals surface area contributed by atoms with Crippen LogP contribution < -0.4 is 0 Å². The van der Waals surface area contributed by atoms with Crippen molar-refractivity contribution >= 4 is 0 Å². The topological polar surface area (TPSA) is 22.8 Å². The zero-order valence-electron chi connectivity index (χ0n) is 19.2. The quantitative estimate of drug-likeness (QED) is 0.452. The molecule has 1 fully saturated rings. The summed E-state index contributed by atoms with van der Waals surface area (Å²) < 4.78 is 4.59. The average molecular weight is 404 g/mol. The molecule has 0 unspecified atom stereocenters. The lowest BCUT2D eigenvalue weighted by molar-refractivity contribution is 0.425. The molecular formula is C27H37N3. The summed E-state index contributed by atoms with van der Waals surface area (Å²) in [6.45, 7) is 8.69. The van der Waals surface area contributed by atoms with Crippen molar-refractivity contribution in [3.05, 3.63) is 64.7 Å². The molecule has 3 heterocycles. The molecule has 1 aliphatic rings. The molecule has 0 atom stereocenters. The van der Waals surface area contributed by atoms with Gasteiger partial charge in [0.15, 0.2) is 0 Å². The third-order valence-electron chi connectivity index (χ3n) is 6.86. The second-order valence-corrected chi connectivity index (χ2v) is 9.36. The first-order valence-corrected chi connectivity index (χ1v) is 11.8. The van der Waals surface area contributed by atoms with Gasteiger partial charge in [-0.25, -0.2) is 4.98 Å². The van der Waals surface area contributed by atoms with Crippen LogP contribution in [0.15, 0.2) is 36.4 Å². The van der Waals surface area contributed by atoms with Gasteiger partial charge in [0, 0.05) is 22.8 Å².